The maximum atomic E-state index is 12.0. The third-order valence-corrected chi connectivity index (χ3v) is 4.34. The van der Waals surface area contributed by atoms with Crippen molar-refractivity contribution in [2.75, 3.05) is 31.6 Å². The Labute approximate surface area is 141 Å². The van der Waals surface area contributed by atoms with Gasteiger partial charge in [0.25, 0.3) is 0 Å². The predicted molar refractivity (Wildman–Crippen MR) is 89.5 cm³/mol. The molecule has 0 radical (unpaired) electrons. The summed E-state index contributed by atoms with van der Waals surface area (Å²) in [7, 11) is 0. The molecule has 3 rings (SSSR count). The molecule has 1 aromatic carbocycles. The molecular formula is C17H23N3O4. The van der Waals surface area contributed by atoms with E-state index in [1.54, 1.807) is 18.2 Å². The van der Waals surface area contributed by atoms with Crippen LogP contribution in [-0.2, 0) is 4.79 Å². The van der Waals surface area contributed by atoms with Crippen LogP contribution in [0.1, 0.15) is 26.2 Å². The Morgan fingerprint density at radius 2 is 2.00 bits per heavy atom. The molecule has 2 heterocycles. The lowest BCUT2D eigenvalue weighted by Crippen LogP contribution is -2.46. The van der Waals surface area contributed by atoms with E-state index in [1.807, 2.05) is 0 Å². The molecule has 0 bridgehead atoms. The number of hydrogen-bond acceptors (Lipinski definition) is 5. The van der Waals surface area contributed by atoms with Gasteiger partial charge in [-0.2, -0.15) is 0 Å². The number of piperidine rings is 1. The second-order valence-electron chi connectivity index (χ2n) is 6.18. The molecule has 1 saturated heterocycles. The van der Waals surface area contributed by atoms with Crippen LogP contribution in [0, 0.1) is 0 Å². The van der Waals surface area contributed by atoms with Gasteiger partial charge in [0.05, 0.1) is 6.54 Å². The van der Waals surface area contributed by atoms with E-state index in [2.05, 4.69) is 22.5 Å². The van der Waals surface area contributed by atoms with E-state index in [-0.39, 0.29) is 12.5 Å². The van der Waals surface area contributed by atoms with Crippen molar-refractivity contribution >= 4 is 17.6 Å². The highest BCUT2D eigenvalue weighted by atomic mass is 16.6. The zero-order valence-electron chi connectivity index (χ0n) is 13.8. The number of ether oxygens (including phenoxy) is 2. The van der Waals surface area contributed by atoms with Gasteiger partial charge < -0.3 is 14.8 Å². The minimum absolute atomic E-state index is 0.246. The number of likely N-dealkylation sites (tertiary alicyclic amines) is 1. The number of carbonyl (C=O) groups excluding carboxylic acids is 2. The maximum Gasteiger partial charge on any atom is 0.325 e. The normalized spacial score (nSPS) is 20.3. The Balaban J connectivity index is 1.50. The fourth-order valence-electron chi connectivity index (χ4n) is 3.03. The lowest BCUT2D eigenvalue weighted by molar-refractivity contribution is -0.121. The van der Waals surface area contributed by atoms with Gasteiger partial charge in [-0.25, -0.2) is 4.79 Å². The summed E-state index contributed by atoms with van der Waals surface area (Å²) >= 11 is 0. The van der Waals surface area contributed by atoms with Gasteiger partial charge in [-0.05, 0) is 38.4 Å². The quantitative estimate of drug-likeness (QED) is 0.884. The average molecular weight is 333 g/mol. The van der Waals surface area contributed by atoms with Crippen molar-refractivity contribution in [3.05, 3.63) is 18.2 Å². The molecule has 0 aromatic heterocycles. The van der Waals surface area contributed by atoms with Crippen molar-refractivity contribution in [2.45, 2.75) is 32.2 Å². The molecule has 0 aliphatic carbocycles. The van der Waals surface area contributed by atoms with Crippen LogP contribution in [0.3, 0.4) is 0 Å². The first-order valence-electron chi connectivity index (χ1n) is 8.36. The summed E-state index contributed by atoms with van der Waals surface area (Å²) < 4.78 is 10.9. The van der Waals surface area contributed by atoms with Gasteiger partial charge in [-0.1, -0.05) is 6.42 Å². The van der Waals surface area contributed by atoms with Crippen LogP contribution in [-0.4, -0.2) is 49.2 Å². The molecule has 0 saturated carbocycles. The minimum Gasteiger partial charge on any atom is -0.486 e. The monoisotopic (exact) mass is 333 g/mol. The summed E-state index contributed by atoms with van der Waals surface area (Å²) in [6.07, 6.45) is 3.39. The van der Waals surface area contributed by atoms with Crippen molar-refractivity contribution < 1.29 is 19.1 Å². The Bertz CT molecular complexity index is 620. The van der Waals surface area contributed by atoms with Crippen molar-refractivity contribution in [3.63, 3.8) is 0 Å². The topological polar surface area (TPSA) is 79.9 Å². The van der Waals surface area contributed by atoms with E-state index in [1.165, 1.54) is 6.42 Å². The second-order valence-corrected chi connectivity index (χ2v) is 6.18. The number of anilines is 1. The maximum absolute atomic E-state index is 12.0. The zero-order chi connectivity index (χ0) is 16.9. The van der Waals surface area contributed by atoms with E-state index in [9.17, 15) is 9.59 Å². The highest BCUT2D eigenvalue weighted by Gasteiger charge is 2.21. The van der Waals surface area contributed by atoms with Crippen LogP contribution >= 0.6 is 0 Å². The number of nitrogens with zero attached hydrogens (tertiary/aromatic N) is 1. The van der Waals surface area contributed by atoms with Gasteiger partial charge in [-0.15, -0.1) is 0 Å². The summed E-state index contributed by atoms with van der Waals surface area (Å²) in [5.41, 5.74) is 0.552. The van der Waals surface area contributed by atoms with Gasteiger partial charge in [0.1, 0.15) is 13.2 Å². The number of benzene rings is 1. The average Bonchev–Trinajstić information content (AvgIpc) is 2.56. The number of amides is 3. The molecule has 1 atom stereocenters. The van der Waals surface area contributed by atoms with Crippen molar-refractivity contribution in [1.29, 1.82) is 0 Å². The standard InChI is InChI=1S/C17H23N3O4/c1-12-4-2-3-7-20(12)11-16(21)19-17(22)18-13-5-6-14-15(10-13)24-9-8-23-14/h5-6,10,12H,2-4,7-9,11H2,1H3,(H2,18,19,21,22)/t12-/m1/s1. The molecular weight excluding hydrogens is 310 g/mol. The summed E-state index contributed by atoms with van der Waals surface area (Å²) in [6.45, 7) is 4.26. The highest BCUT2D eigenvalue weighted by molar-refractivity contribution is 6.01. The van der Waals surface area contributed by atoms with E-state index >= 15 is 0 Å². The Morgan fingerprint density at radius 1 is 1.21 bits per heavy atom. The molecule has 3 amide bonds. The lowest BCUT2D eigenvalue weighted by atomic mass is 10.0. The van der Waals surface area contributed by atoms with Gasteiger partial charge in [-0.3, -0.25) is 15.0 Å². The van der Waals surface area contributed by atoms with Crippen LogP contribution in [0.5, 0.6) is 11.5 Å². The molecule has 7 heteroatoms. The molecule has 2 aliphatic rings. The highest BCUT2D eigenvalue weighted by Crippen LogP contribution is 2.32. The molecule has 1 aromatic rings. The van der Waals surface area contributed by atoms with Crippen LogP contribution in [0.15, 0.2) is 18.2 Å². The Kier molecular flexibility index (Phi) is 5.20. The fourth-order valence-corrected chi connectivity index (χ4v) is 3.03. The Morgan fingerprint density at radius 3 is 2.79 bits per heavy atom. The number of hydrogen-bond donors (Lipinski definition) is 2. The third kappa shape index (κ3) is 4.17. The SMILES string of the molecule is C[C@@H]1CCCCN1CC(=O)NC(=O)Nc1ccc2c(c1)OCCO2. The number of nitrogens with one attached hydrogen (secondary N) is 2. The summed E-state index contributed by atoms with van der Waals surface area (Å²) in [4.78, 5) is 26.1. The minimum atomic E-state index is -0.540. The van der Waals surface area contributed by atoms with Crippen molar-refractivity contribution in [3.8, 4) is 11.5 Å². The third-order valence-electron chi connectivity index (χ3n) is 4.34. The molecule has 0 spiro atoms. The molecule has 1 fully saturated rings. The largest absolute Gasteiger partial charge is 0.486 e. The van der Waals surface area contributed by atoms with Gasteiger partial charge in [0, 0.05) is 17.8 Å². The first-order chi connectivity index (χ1) is 11.6. The molecule has 2 aliphatic heterocycles. The van der Waals surface area contributed by atoms with Gasteiger partial charge >= 0.3 is 6.03 Å². The summed E-state index contributed by atoms with van der Waals surface area (Å²) in [5.74, 6) is 0.952. The number of carbonyl (C=O) groups is 2. The van der Waals surface area contributed by atoms with Crippen LogP contribution in [0.4, 0.5) is 10.5 Å². The lowest BCUT2D eigenvalue weighted by Gasteiger charge is -2.32. The summed E-state index contributed by atoms with van der Waals surface area (Å²) in [5, 5.41) is 5.02. The second kappa shape index (κ2) is 7.53. The Hall–Kier alpha value is -2.28. The van der Waals surface area contributed by atoms with E-state index in [4.69, 9.17) is 9.47 Å². The van der Waals surface area contributed by atoms with E-state index in [0.717, 1.165) is 19.4 Å². The zero-order valence-corrected chi connectivity index (χ0v) is 13.8. The van der Waals surface area contributed by atoms with E-state index in [0.29, 0.717) is 36.4 Å². The van der Waals surface area contributed by atoms with E-state index < -0.39 is 6.03 Å². The van der Waals surface area contributed by atoms with Crippen LogP contribution in [0.25, 0.3) is 0 Å². The predicted octanol–water partition coefficient (Wildman–Crippen LogP) is 1.98. The fraction of sp³-hybridized carbons (Fsp3) is 0.529. The molecule has 7 nitrogen and oxygen atoms in total. The van der Waals surface area contributed by atoms with Crippen LogP contribution in [0.2, 0.25) is 0 Å². The number of urea groups is 1. The van der Waals surface area contributed by atoms with Crippen molar-refractivity contribution in [2.24, 2.45) is 0 Å². The number of rotatable bonds is 3. The van der Waals surface area contributed by atoms with Gasteiger partial charge in [0.2, 0.25) is 5.91 Å². The molecule has 130 valence electrons. The molecule has 2 N–H and O–H groups in total. The first-order valence-corrected chi connectivity index (χ1v) is 8.36. The number of fused-ring (bicyclic) bond motifs is 1. The van der Waals surface area contributed by atoms with Crippen LogP contribution < -0.4 is 20.1 Å². The molecule has 0 unspecified atom stereocenters. The van der Waals surface area contributed by atoms with Gasteiger partial charge in [0.15, 0.2) is 11.5 Å². The summed E-state index contributed by atoms with van der Waals surface area (Å²) in [6, 6.07) is 4.98. The van der Waals surface area contributed by atoms with Crippen molar-refractivity contribution in [1.82, 2.24) is 10.2 Å². The first kappa shape index (κ1) is 16.6. The smallest absolute Gasteiger partial charge is 0.325 e. The molecule has 24 heavy (non-hydrogen) atoms. The number of imide groups is 1.